The Morgan fingerprint density at radius 1 is 1.17 bits per heavy atom. The molecule has 1 aliphatic rings. The first-order valence-corrected chi connectivity index (χ1v) is 8.98. The molecule has 1 saturated carbocycles. The van der Waals surface area contributed by atoms with Gasteiger partial charge in [0.15, 0.2) is 0 Å². The molecule has 1 atom stereocenters. The van der Waals surface area contributed by atoms with Gasteiger partial charge in [0.25, 0.3) is 0 Å². The molecule has 0 heterocycles. The van der Waals surface area contributed by atoms with Gasteiger partial charge in [0.05, 0.1) is 0 Å². The van der Waals surface area contributed by atoms with Crippen LogP contribution in [0.4, 0.5) is 0 Å². The molecular weight excluding hydrogens is 238 g/mol. The second-order valence-electron chi connectivity index (χ2n) is 6.77. The first-order chi connectivity index (χ1) is 8.47. The molecule has 1 nitrogen and oxygen atoms in total. The highest BCUT2D eigenvalue weighted by molar-refractivity contribution is 8.00. The van der Waals surface area contributed by atoms with Gasteiger partial charge in [-0.15, -0.1) is 0 Å². The Hall–Kier alpha value is 0.310. The van der Waals surface area contributed by atoms with Crippen LogP contribution in [0.3, 0.4) is 0 Å². The predicted molar refractivity (Wildman–Crippen MR) is 85.5 cm³/mol. The van der Waals surface area contributed by atoms with Gasteiger partial charge in [0.2, 0.25) is 0 Å². The van der Waals surface area contributed by atoms with E-state index >= 15 is 0 Å². The molecule has 0 aromatic rings. The van der Waals surface area contributed by atoms with Crippen LogP contribution in [0.25, 0.3) is 0 Å². The topological polar surface area (TPSA) is 12.0 Å². The predicted octanol–water partition coefficient (Wildman–Crippen LogP) is 4.86. The van der Waals surface area contributed by atoms with Gasteiger partial charge >= 0.3 is 0 Å². The maximum Gasteiger partial charge on any atom is 0.0276 e. The van der Waals surface area contributed by atoms with Crippen molar-refractivity contribution in [2.24, 2.45) is 5.41 Å². The van der Waals surface area contributed by atoms with Gasteiger partial charge in [0, 0.05) is 17.3 Å². The van der Waals surface area contributed by atoms with Crippen molar-refractivity contribution in [3.8, 4) is 0 Å². The lowest BCUT2D eigenvalue weighted by molar-refractivity contribution is 0.308. The summed E-state index contributed by atoms with van der Waals surface area (Å²) in [7, 11) is 0. The van der Waals surface area contributed by atoms with Crippen molar-refractivity contribution in [1.82, 2.24) is 5.32 Å². The molecule has 2 heteroatoms. The van der Waals surface area contributed by atoms with Crippen LogP contribution in [0.1, 0.15) is 72.6 Å². The minimum absolute atomic E-state index is 0.460. The van der Waals surface area contributed by atoms with Crippen LogP contribution in [-0.4, -0.2) is 23.6 Å². The second kappa shape index (κ2) is 7.19. The summed E-state index contributed by atoms with van der Waals surface area (Å²) < 4.78 is 0.460. The van der Waals surface area contributed by atoms with Crippen LogP contribution in [0, 0.1) is 5.41 Å². The van der Waals surface area contributed by atoms with E-state index in [-0.39, 0.29) is 0 Å². The molecule has 1 rings (SSSR count). The summed E-state index contributed by atoms with van der Waals surface area (Å²) in [6, 6.07) is 0.761. The van der Waals surface area contributed by atoms with Crippen molar-refractivity contribution in [2.45, 2.75) is 83.4 Å². The van der Waals surface area contributed by atoms with Crippen LogP contribution < -0.4 is 5.32 Å². The summed E-state index contributed by atoms with van der Waals surface area (Å²) in [6.07, 6.45) is 11.7. The first-order valence-electron chi connectivity index (χ1n) is 7.75. The van der Waals surface area contributed by atoms with Crippen molar-refractivity contribution in [1.29, 1.82) is 0 Å². The molecular formula is C16H33NS. The SMILES string of the molecule is CCC(CC)(CNC1CCCC(C)(C)CC1)SC. The molecule has 1 fully saturated rings. The lowest BCUT2D eigenvalue weighted by Gasteiger charge is -2.32. The van der Waals surface area contributed by atoms with Crippen LogP contribution in [0.2, 0.25) is 0 Å². The molecule has 0 aromatic carbocycles. The van der Waals surface area contributed by atoms with E-state index in [2.05, 4.69) is 39.3 Å². The zero-order valence-electron chi connectivity index (χ0n) is 13.1. The van der Waals surface area contributed by atoms with Gasteiger partial charge in [-0.1, -0.05) is 34.1 Å². The molecule has 0 spiro atoms. The lowest BCUT2D eigenvalue weighted by atomic mass is 9.85. The van der Waals surface area contributed by atoms with E-state index in [9.17, 15) is 0 Å². The minimum atomic E-state index is 0.460. The largest absolute Gasteiger partial charge is 0.313 e. The Morgan fingerprint density at radius 2 is 1.83 bits per heavy atom. The molecule has 1 unspecified atom stereocenters. The fourth-order valence-corrected chi connectivity index (χ4v) is 3.86. The number of thioether (sulfide) groups is 1. The molecule has 18 heavy (non-hydrogen) atoms. The first kappa shape index (κ1) is 16.4. The summed E-state index contributed by atoms with van der Waals surface area (Å²) in [5.74, 6) is 0. The number of nitrogens with one attached hydrogen (secondary N) is 1. The van der Waals surface area contributed by atoms with Gasteiger partial charge in [-0.2, -0.15) is 11.8 Å². The van der Waals surface area contributed by atoms with Crippen LogP contribution in [0.5, 0.6) is 0 Å². The van der Waals surface area contributed by atoms with Gasteiger partial charge < -0.3 is 5.32 Å². The van der Waals surface area contributed by atoms with E-state index in [4.69, 9.17) is 0 Å². The normalized spacial score (nSPS) is 24.8. The van der Waals surface area contributed by atoms with Crippen LogP contribution in [-0.2, 0) is 0 Å². The van der Waals surface area contributed by atoms with Gasteiger partial charge in [0.1, 0.15) is 0 Å². The Balaban J connectivity index is 2.43. The van der Waals surface area contributed by atoms with E-state index in [1.807, 2.05) is 11.8 Å². The Labute approximate surface area is 119 Å². The molecule has 1 aliphatic carbocycles. The smallest absolute Gasteiger partial charge is 0.0276 e. The van der Waals surface area contributed by atoms with E-state index in [0.717, 1.165) is 6.04 Å². The number of rotatable bonds is 6. The van der Waals surface area contributed by atoms with Crippen molar-refractivity contribution in [2.75, 3.05) is 12.8 Å². The summed E-state index contributed by atoms with van der Waals surface area (Å²) in [4.78, 5) is 0. The lowest BCUT2D eigenvalue weighted by Crippen LogP contribution is -2.41. The monoisotopic (exact) mass is 271 g/mol. The van der Waals surface area contributed by atoms with Gasteiger partial charge in [-0.3, -0.25) is 0 Å². The molecule has 0 aliphatic heterocycles. The quantitative estimate of drug-likeness (QED) is 0.693. The van der Waals surface area contributed by atoms with Gasteiger partial charge in [-0.05, 0) is 50.2 Å². The summed E-state index contributed by atoms with van der Waals surface area (Å²) in [5.41, 5.74) is 0.572. The molecule has 0 amide bonds. The van der Waals surface area contributed by atoms with Gasteiger partial charge in [-0.25, -0.2) is 0 Å². The number of hydrogen-bond donors (Lipinski definition) is 1. The van der Waals surface area contributed by atoms with Crippen molar-refractivity contribution in [3.05, 3.63) is 0 Å². The third-order valence-corrected chi connectivity index (χ3v) is 6.60. The zero-order chi connectivity index (χ0) is 13.6. The number of hydrogen-bond acceptors (Lipinski definition) is 2. The highest BCUT2D eigenvalue weighted by atomic mass is 32.2. The third kappa shape index (κ3) is 4.77. The fourth-order valence-electron chi connectivity index (χ4n) is 3.06. The Kier molecular flexibility index (Phi) is 6.54. The average molecular weight is 272 g/mol. The zero-order valence-corrected chi connectivity index (χ0v) is 14.0. The molecule has 0 bridgehead atoms. The average Bonchev–Trinajstić information content (AvgIpc) is 2.53. The van der Waals surface area contributed by atoms with Crippen molar-refractivity contribution >= 4 is 11.8 Å². The van der Waals surface area contributed by atoms with E-state index < -0.39 is 0 Å². The minimum Gasteiger partial charge on any atom is -0.313 e. The third-order valence-electron chi connectivity index (χ3n) is 5.01. The highest BCUT2D eigenvalue weighted by Gasteiger charge is 2.28. The maximum absolute atomic E-state index is 3.87. The highest BCUT2D eigenvalue weighted by Crippen LogP contribution is 2.34. The van der Waals surface area contributed by atoms with E-state index in [0.29, 0.717) is 10.2 Å². The summed E-state index contributed by atoms with van der Waals surface area (Å²) >= 11 is 2.05. The molecule has 0 saturated heterocycles. The molecule has 1 N–H and O–H groups in total. The summed E-state index contributed by atoms with van der Waals surface area (Å²) in [6.45, 7) is 10.7. The molecule has 108 valence electrons. The summed E-state index contributed by atoms with van der Waals surface area (Å²) in [5, 5.41) is 3.87. The Bertz CT molecular complexity index is 225. The fraction of sp³-hybridized carbons (Fsp3) is 1.00. The molecule has 0 aromatic heterocycles. The van der Waals surface area contributed by atoms with Crippen molar-refractivity contribution < 1.29 is 0 Å². The second-order valence-corrected chi connectivity index (χ2v) is 8.04. The van der Waals surface area contributed by atoms with E-state index in [1.54, 1.807) is 0 Å². The maximum atomic E-state index is 3.87. The Morgan fingerprint density at radius 3 is 2.39 bits per heavy atom. The van der Waals surface area contributed by atoms with Crippen LogP contribution in [0.15, 0.2) is 0 Å². The van der Waals surface area contributed by atoms with Crippen LogP contribution >= 0.6 is 11.8 Å². The standard InChI is InChI=1S/C16H33NS/c1-6-16(7-2,18-5)13-17-14-9-8-11-15(3,4)12-10-14/h14,17H,6-13H2,1-5H3. The van der Waals surface area contributed by atoms with Crippen molar-refractivity contribution in [3.63, 3.8) is 0 Å². The molecule has 0 radical (unpaired) electrons. The van der Waals surface area contributed by atoms with E-state index in [1.165, 1.54) is 51.5 Å².